The Bertz CT molecular complexity index is 2060. The number of carbonyl (C=O) groups excluding carboxylic acids is 2. The molecule has 5 aromatic rings. The largest absolute Gasteiger partial charge is 0.477 e. The van der Waals surface area contributed by atoms with Crippen LogP contribution in [0.25, 0.3) is 0 Å². The Balaban J connectivity index is 1.13. The van der Waals surface area contributed by atoms with E-state index in [-0.39, 0.29) is 22.9 Å². The van der Waals surface area contributed by atoms with Gasteiger partial charge in [0.2, 0.25) is 5.16 Å². The van der Waals surface area contributed by atoms with Gasteiger partial charge in [0, 0.05) is 16.9 Å². The van der Waals surface area contributed by atoms with Crippen molar-refractivity contribution in [3.05, 3.63) is 130 Å². The molecule has 15 nitrogen and oxygen atoms in total. The van der Waals surface area contributed by atoms with E-state index in [9.17, 15) is 19.5 Å². The minimum absolute atomic E-state index is 0.137. The van der Waals surface area contributed by atoms with Crippen LogP contribution in [0.5, 0.6) is 0 Å². The lowest BCUT2D eigenvalue weighted by Crippen LogP contribution is -2.71. The summed E-state index contributed by atoms with van der Waals surface area (Å²) in [5.74, 6) is 3.66. The molecule has 0 saturated carbocycles. The van der Waals surface area contributed by atoms with Crippen LogP contribution in [0.2, 0.25) is 0 Å². The number of carbonyl (C=O) groups is 3. The number of β-lactam (4-membered cyclic amide) rings is 1. The monoisotopic (exact) mass is 754 g/mol. The van der Waals surface area contributed by atoms with E-state index in [1.165, 1.54) is 35.1 Å². The van der Waals surface area contributed by atoms with Gasteiger partial charge in [0.05, 0.1) is 0 Å². The van der Waals surface area contributed by atoms with Gasteiger partial charge in [-0.1, -0.05) is 113 Å². The SMILES string of the molecule is CON=C(C(=O)N[C@@H]1C(=O)N2C(C(=O)O)=C(CSc3nnnn3N)CS[C@@H]12)c1csc(NC(c2ccccc2)(c2ccccc2)c2ccccc2)n1. The molecular weight excluding hydrogens is 725 g/mol. The number of fused-ring (bicyclic) bond motifs is 1. The molecule has 0 unspecified atom stereocenters. The molecule has 1 saturated heterocycles. The highest BCUT2D eigenvalue weighted by Gasteiger charge is 2.54. The van der Waals surface area contributed by atoms with Gasteiger partial charge < -0.3 is 26.4 Å². The van der Waals surface area contributed by atoms with Crippen molar-refractivity contribution in [2.24, 2.45) is 5.16 Å². The molecule has 264 valence electrons. The molecule has 3 aromatic carbocycles. The van der Waals surface area contributed by atoms with E-state index < -0.39 is 34.7 Å². The number of nitrogens with one attached hydrogen (secondary N) is 2. The smallest absolute Gasteiger partial charge is 0.352 e. The number of hydrogen-bond acceptors (Lipinski definition) is 14. The summed E-state index contributed by atoms with van der Waals surface area (Å²) in [5, 5.41) is 33.1. The highest BCUT2D eigenvalue weighted by molar-refractivity contribution is 8.01. The van der Waals surface area contributed by atoms with Crippen LogP contribution in [-0.4, -0.2) is 88.8 Å². The minimum atomic E-state index is -1.26. The van der Waals surface area contributed by atoms with Crippen LogP contribution in [0, 0.1) is 0 Å². The average Bonchev–Trinajstić information content (AvgIpc) is 3.82. The van der Waals surface area contributed by atoms with E-state index in [4.69, 9.17) is 15.7 Å². The summed E-state index contributed by atoms with van der Waals surface area (Å²) < 4.78 is 0. The van der Waals surface area contributed by atoms with Crippen LogP contribution < -0.4 is 16.5 Å². The fourth-order valence-corrected chi connectivity index (χ4v) is 9.14. The van der Waals surface area contributed by atoms with Gasteiger partial charge in [0.15, 0.2) is 10.8 Å². The van der Waals surface area contributed by atoms with Gasteiger partial charge in [-0.2, -0.15) is 0 Å². The number of hydrogen-bond donors (Lipinski definition) is 4. The molecule has 4 heterocycles. The Hall–Kier alpha value is -5.72. The number of nitrogen functional groups attached to an aromatic ring is 1. The molecule has 7 rings (SSSR count). The number of amides is 2. The minimum Gasteiger partial charge on any atom is -0.477 e. The third-order valence-electron chi connectivity index (χ3n) is 8.43. The van der Waals surface area contributed by atoms with E-state index in [1.807, 2.05) is 91.0 Å². The molecule has 0 aliphatic carbocycles. The lowest BCUT2D eigenvalue weighted by molar-refractivity contribution is -0.150. The standard InChI is InChI=1S/C34H30N10O5S3/c1-49-40-25(28(45)37-26-29(46)43-27(31(47)48)20(17-50-30(26)43)18-52-33-39-41-42-44(33)35)24-19-51-32(36-24)38-34(21-11-5-2-6-12-21,22-13-7-3-8-14-22)23-15-9-4-10-16-23/h2-16,19,26,30H,17-18,35H2,1H3,(H,36,38)(H,37,45)(H,47,48)/t26-,30+/m1/s1. The van der Waals surface area contributed by atoms with Crippen LogP contribution in [0.1, 0.15) is 22.4 Å². The Labute approximate surface area is 309 Å². The first-order valence-electron chi connectivity index (χ1n) is 15.7. The summed E-state index contributed by atoms with van der Waals surface area (Å²) in [7, 11) is 1.31. The van der Waals surface area contributed by atoms with Crippen molar-refractivity contribution in [2.75, 3.05) is 29.8 Å². The quantitative estimate of drug-likeness (QED) is 0.0341. The molecular formula is C34H30N10O5S3. The van der Waals surface area contributed by atoms with Crippen molar-refractivity contribution in [2.45, 2.75) is 22.1 Å². The molecule has 0 bridgehead atoms. The molecule has 0 radical (unpaired) electrons. The number of carboxylic acid groups (broad SMARTS) is 1. The van der Waals surface area contributed by atoms with Gasteiger partial charge >= 0.3 is 5.97 Å². The zero-order valence-corrected chi connectivity index (χ0v) is 29.8. The Morgan fingerprint density at radius 1 is 1.04 bits per heavy atom. The average molecular weight is 755 g/mol. The van der Waals surface area contributed by atoms with E-state index >= 15 is 0 Å². The number of thiazole rings is 1. The van der Waals surface area contributed by atoms with Crippen molar-refractivity contribution in [3.63, 3.8) is 0 Å². The molecule has 52 heavy (non-hydrogen) atoms. The highest BCUT2D eigenvalue weighted by Crippen LogP contribution is 2.42. The maximum Gasteiger partial charge on any atom is 0.352 e. The Morgan fingerprint density at radius 3 is 2.19 bits per heavy atom. The molecule has 2 aliphatic rings. The maximum absolute atomic E-state index is 13.7. The summed E-state index contributed by atoms with van der Waals surface area (Å²) in [6, 6.07) is 29.0. The topological polar surface area (TPSA) is 203 Å². The lowest BCUT2D eigenvalue weighted by atomic mass is 9.77. The summed E-state index contributed by atoms with van der Waals surface area (Å²) in [5.41, 5.74) is 2.51. The van der Waals surface area contributed by atoms with Crippen molar-refractivity contribution < 1.29 is 24.3 Å². The zero-order chi connectivity index (χ0) is 36.2. The third-order valence-corrected chi connectivity index (χ3v) is 11.6. The first-order valence-corrected chi connectivity index (χ1v) is 18.6. The molecule has 18 heteroatoms. The number of aromatic nitrogens is 5. The number of benzene rings is 3. The van der Waals surface area contributed by atoms with Gasteiger partial charge in [-0.25, -0.2) is 9.78 Å². The van der Waals surface area contributed by atoms with Crippen LogP contribution in [0.15, 0.2) is 118 Å². The summed E-state index contributed by atoms with van der Waals surface area (Å²) >= 11 is 3.77. The normalized spacial score (nSPS) is 17.3. The summed E-state index contributed by atoms with van der Waals surface area (Å²) in [6.45, 7) is 0. The van der Waals surface area contributed by atoms with Crippen molar-refractivity contribution in [1.29, 1.82) is 0 Å². The zero-order valence-electron chi connectivity index (χ0n) is 27.3. The molecule has 2 aliphatic heterocycles. The van der Waals surface area contributed by atoms with Crippen LogP contribution in [0.3, 0.4) is 0 Å². The van der Waals surface area contributed by atoms with E-state index in [1.54, 1.807) is 5.38 Å². The number of nitrogens with zero attached hydrogens (tertiary/aromatic N) is 7. The number of aliphatic carboxylic acids is 1. The fourth-order valence-electron chi connectivity index (χ4n) is 6.11. The summed E-state index contributed by atoms with van der Waals surface area (Å²) in [4.78, 5) is 51.5. The Morgan fingerprint density at radius 2 is 1.65 bits per heavy atom. The molecule has 2 amide bonds. The van der Waals surface area contributed by atoms with Crippen molar-refractivity contribution in [3.8, 4) is 0 Å². The second kappa shape index (κ2) is 14.9. The third kappa shape index (κ3) is 6.46. The molecule has 5 N–H and O–H groups in total. The number of rotatable bonds is 13. The predicted molar refractivity (Wildman–Crippen MR) is 197 cm³/mol. The number of oxime groups is 1. The second-order valence-electron chi connectivity index (χ2n) is 11.4. The predicted octanol–water partition coefficient (Wildman–Crippen LogP) is 3.13. The molecule has 2 aromatic heterocycles. The maximum atomic E-state index is 13.7. The van der Waals surface area contributed by atoms with E-state index in [2.05, 4.69) is 31.3 Å². The van der Waals surface area contributed by atoms with Crippen LogP contribution >= 0.6 is 34.9 Å². The number of tetrazole rings is 1. The second-order valence-corrected chi connectivity index (χ2v) is 14.4. The van der Waals surface area contributed by atoms with Crippen LogP contribution in [0.4, 0.5) is 5.13 Å². The molecule has 2 atom stereocenters. The van der Waals surface area contributed by atoms with Gasteiger partial charge in [-0.05, 0) is 32.7 Å². The van der Waals surface area contributed by atoms with Gasteiger partial charge in [0.1, 0.15) is 35.5 Å². The molecule has 1 fully saturated rings. The van der Waals surface area contributed by atoms with Gasteiger partial charge in [-0.3, -0.25) is 14.5 Å². The number of nitrogens with two attached hydrogens (primary N) is 1. The van der Waals surface area contributed by atoms with Crippen molar-refractivity contribution in [1.82, 2.24) is 35.5 Å². The van der Waals surface area contributed by atoms with Crippen molar-refractivity contribution >= 4 is 63.5 Å². The first-order chi connectivity index (χ1) is 25.3. The Kier molecular flexibility index (Phi) is 9.92. The van der Waals surface area contributed by atoms with Crippen LogP contribution in [-0.2, 0) is 24.8 Å². The van der Waals surface area contributed by atoms with Gasteiger partial charge in [0.25, 0.3) is 11.8 Å². The number of carboxylic acids is 1. The number of anilines is 1. The lowest BCUT2D eigenvalue weighted by Gasteiger charge is -2.49. The van der Waals surface area contributed by atoms with Gasteiger partial charge in [-0.15, -0.1) is 27.9 Å². The van der Waals surface area contributed by atoms with E-state index in [0.717, 1.165) is 33.2 Å². The van der Waals surface area contributed by atoms with E-state index in [0.29, 0.717) is 21.6 Å². The highest BCUT2D eigenvalue weighted by atomic mass is 32.2. The molecule has 0 spiro atoms. The summed E-state index contributed by atoms with van der Waals surface area (Å²) in [6.07, 6.45) is 0. The fraction of sp³-hybridized carbons (Fsp3) is 0.176. The number of thioether (sulfide) groups is 2. The first kappa shape index (κ1) is 34.7.